The highest BCUT2D eigenvalue weighted by Crippen LogP contribution is 2.30. The Bertz CT molecular complexity index is 685. The summed E-state index contributed by atoms with van der Waals surface area (Å²) in [5, 5.41) is 11.4. The van der Waals surface area contributed by atoms with Gasteiger partial charge in [0, 0.05) is 11.4 Å². The SMILES string of the molecule is CCc1cccc(C)c1NC(=O)CSc1nnc(SCC(C)C)s1. The Kier molecular flexibility index (Phi) is 7.58. The number of carbonyl (C=O) groups is 1. The van der Waals surface area contributed by atoms with Gasteiger partial charge < -0.3 is 5.32 Å². The third kappa shape index (κ3) is 5.79. The van der Waals surface area contributed by atoms with Crippen LogP contribution < -0.4 is 5.32 Å². The number of aryl methyl sites for hydroxylation is 2. The van der Waals surface area contributed by atoms with Crippen LogP contribution in [-0.4, -0.2) is 27.6 Å². The van der Waals surface area contributed by atoms with Gasteiger partial charge in [-0.05, 0) is 30.4 Å². The number of hydrogen-bond donors (Lipinski definition) is 1. The van der Waals surface area contributed by atoms with Gasteiger partial charge in [0.25, 0.3) is 0 Å². The van der Waals surface area contributed by atoms with Crippen LogP contribution in [0, 0.1) is 12.8 Å². The van der Waals surface area contributed by atoms with E-state index in [0.29, 0.717) is 11.7 Å². The quantitative estimate of drug-likeness (QED) is 0.660. The third-order valence-electron chi connectivity index (χ3n) is 3.26. The normalized spacial score (nSPS) is 11.0. The molecule has 1 N–H and O–H groups in total. The van der Waals surface area contributed by atoms with E-state index >= 15 is 0 Å². The summed E-state index contributed by atoms with van der Waals surface area (Å²) in [5.74, 6) is 2.01. The molecular formula is C17H23N3OS3. The summed E-state index contributed by atoms with van der Waals surface area (Å²) in [6.45, 7) is 8.48. The van der Waals surface area contributed by atoms with Crippen LogP contribution in [0.15, 0.2) is 26.9 Å². The molecule has 1 aromatic carbocycles. The molecule has 0 aliphatic rings. The highest BCUT2D eigenvalue weighted by atomic mass is 32.2. The molecule has 0 unspecified atom stereocenters. The fourth-order valence-electron chi connectivity index (χ4n) is 2.06. The maximum absolute atomic E-state index is 12.2. The topological polar surface area (TPSA) is 54.9 Å². The predicted molar refractivity (Wildman–Crippen MR) is 105 cm³/mol. The zero-order chi connectivity index (χ0) is 17.5. The lowest BCUT2D eigenvalue weighted by Crippen LogP contribution is -2.16. The number of nitrogens with zero attached hydrogens (tertiary/aromatic N) is 2. The molecule has 0 bridgehead atoms. The largest absolute Gasteiger partial charge is 0.325 e. The van der Waals surface area contributed by atoms with Crippen molar-refractivity contribution in [2.45, 2.75) is 42.8 Å². The molecule has 0 aliphatic carbocycles. The molecule has 0 saturated carbocycles. The third-order valence-corrected chi connectivity index (χ3v) is 6.88. The molecule has 0 aliphatic heterocycles. The van der Waals surface area contributed by atoms with E-state index in [0.717, 1.165) is 37.7 Å². The number of hydrogen-bond acceptors (Lipinski definition) is 6. The van der Waals surface area contributed by atoms with Crippen LogP contribution >= 0.6 is 34.9 Å². The number of benzene rings is 1. The summed E-state index contributed by atoms with van der Waals surface area (Å²) < 4.78 is 1.82. The second-order valence-corrected chi connectivity index (χ2v) is 9.31. The van der Waals surface area contributed by atoms with E-state index in [1.165, 1.54) is 11.8 Å². The van der Waals surface area contributed by atoms with E-state index in [4.69, 9.17) is 0 Å². The highest BCUT2D eigenvalue weighted by Gasteiger charge is 2.11. The first-order valence-corrected chi connectivity index (χ1v) is 10.8. The molecule has 0 fully saturated rings. The summed E-state index contributed by atoms with van der Waals surface area (Å²) in [4.78, 5) is 12.2. The molecule has 0 spiro atoms. The van der Waals surface area contributed by atoms with Crippen molar-refractivity contribution in [2.24, 2.45) is 5.92 Å². The zero-order valence-electron chi connectivity index (χ0n) is 14.5. The van der Waals surface area contributed by atoms with Gasteiger partial charge in [0.2, 0.25) is 5.91 Å². The number of para-hydroxylation sites is 1. The van der Waals surface area contributed by atoms with Gasteiger partial charge in [-0.15, -0.1) is 10.2 Å². The fraction of sp³-hybridized carbons (Fsp3) is 0.471. The average Bonchev–Trinajstić information content (AvgIpc) is 3.01. The first-order chi connectivity index (χ1) is 11.5. The van der Waals surface area contributed by atoms with E-state index in [1.54, 1.807) is 23.1 Å². The van der Waals surface area contributed by atoms with Gasteiger partial charge in [0.15, 0.2) is 8.68 Å². The van der Waals surface area contributed by atoms with Crippen molar-refractivity contribution < 1.29 is 4.79 Å². The minimum absolute atomic E-state index is 0.00409. The van der Waals surface area contributed by atoms with Gasteiger partial charge in [-0.3, -0.25) is 4.79 Å². The number of nitrogens with one attached hydrogen (secondary N) is 1. The molecule has 130 valence electrons. The van der Waals surface area contributed by atoms with Gasteiger partial charge in [-0.1, -0.05) is 73.8 Å². The second-order valence-electron chi connectivity index (χ2n) is 5.84. The number of thioether (sulfide) groups is 2. The van der Waals surface area contributed by atoms with Crippen LogP contribution in [0.2, 0.25) is 0 Å². The van der Waals surface area contributed by atoms with Crippen LogP contribution in [0.25, 0.3) is 0 Å². The molecule has 1 aromatic heterocycles. The van der Waals surface area contributed by atoms with Gasteiger partial charge in [-0.2, -0.15) is 0 Å². The standard InChI is InChI=1S/C17H23N3OS3/c1-5-13-8-6-7-12(4)15(13)18-14(21)10-23-17-20-19-16(24-17)22-9-11(2)3/h6-8,11H,5,9-10H2,1-4H3,(H,18,21). The van der Waals surface area contributed by atoms with Crippen LogP contribution in [0.1, 0.15) is 31.9 Å². The molecule has 24 heavy (non-hydrogen) atoms. The Morgan fingerprint density at radius 1 is 1.25 bits per heavy atom. The maximum atomic E-state index is 12.2. The van der Waals surface area contributed by atoms with Gasteiger partial charge in [0.05, 0.1) is 5.75 Å². The Hall–Kier alpha value is -1.05. The predicted octanol–water partition coefficient (Wildman–Crippen LogP) is 4.89. The van der Waals surface area contributed by atoms with Crippen molar-refractivity contribution in [1.29, 1.82) is 0 Å². The molecule has 0 radical (unpaired) electrons. The summed E-state index contributed by atoms with van der Waals surface area (Å²) in [6, 6.07) is 6.10. The van der Waals surface area contributed by atoms with Crippen LogP contribution in [-0.2, 0) is 11.2 Å². The number of rotatable bonds is 8. The van der Waals surface area contributed by atoms with Crippen LogP contribution in [0.3, 0.4) is 0 Å². The highest BCUT2D eigenvalue weighted by molar-refractivity contribution is 8.03. The molecule has 7 heteroatoms. The van der Waals surface area contributed by atoms with E-state index in [9.17, 15) is 4.79 Å². The van der Waals surface area contributed by atoms with Crippen LogP contribution in [0.4, 0.5) is 5.69 Å². The number of amides is 1. The number of aromatic nitrogens is 2. The molecule has 0 saturated heterocycles. The Morgan fingerprint density at radius 3 is 2.62 bits per heavy atom. The smallest absolute Gasteiger partial charge is 0.234 e. The van der Waals surface area contributed by atoms with Crippen molar-refractivity contribution in [3.63, 3.8) is 0 Å². The molecule has 2 rings (SSSR count). The molecular weight excluding hydrogens is 358 g/mol. The minimum Gasteiger partial charge on any atom is -0.325 e. The van der Waals surface area contributed by atoms with E-state index in [1.807, 2.05) is 19.1 Å². The minimum atomic E-state index is -0.00409. The van der Waals surface area contributed by atoms with Gasteiger partial charge in [-0.25, -0.2) is 0 Å². The summed E-state index contributed by atoms with van der Waals surface area (Å²) in [5.41, 5.74) is 3.20. The van der Waals surface area contributed by atoms with E-state index in [-0.39, 0.29) is 5.91 Å². The van der Waals surface area contributed by atoms with Gasteiger partial charge in [0.1, 0.15) is 0 Å². The monoisotopic (exact) mass is 381 g/mol. The molecule has 1 amide bonds. The second kappa shape index (κ2) is 9.44. The zero-order valence-corrected chi connectivity index (χ0v) is 16.9. The summed E-state index contributed by atoms with van der Waals surface area (Å²) in [7, 11) is 0. The summed E-state index contributed by atoms with van der Waals surface area (Å²) >= 11 is 4.72. The average molecular weight is 382 g/mol. The molecule has 0 atom stereocenters. The summed E-state index contributed by atoms with van der Waals surface area (Å²) in [6.07, 6.45) is 0.900. The van der Waals surface area contributed by atoms with Crippen molar-refractivity contribution in [3.05, 3.63) is 29.3 Å². The Labute approximate surface area is 156 Å². The number of anilines is 1. The van der Waals surface area contributed by atoms with Crippen molar-refractivity contribution in [2.75, 3.05) is 16.8 Å². The van der Waals surface area contributed by atoms with Crippen molar-refractivity contribution in [1.82, 2.24) is 10.2 Å². The van der Waals surface area contributed by atoms with Crippen LogP contribution in [0.5, 0.6) is 0 Å². The lowest BCUT2D eigenvalue weighted by Gasteiger charge is -2.12. The molecule has 1 heterocycles. The van der Waals surface area contributed by atoms with Crippen molar-refractivity contribution >= 4 is 46.5 Å². The van der Waals surface area contributed by atoms with Crippen molar-refractivity contribution in [3.8, 4) is 0 Å². The fourth-order valence-corrected chi connectivity index (χ4v) is 4.85. The Morgan fingerprint density at radius 2 is 1.96 bits per heavy atom. The van der Waals surface area contributed by atoms with E-state index < -0.39 is 0 Å². The lowest BCUT2D eigenvalue weighted by atomic mass is 10.1. The molecule has 4 nitrogen and oxygen atoms in total. The lowest BCUT2D eigenvalue weighted by molar-refractivity contribution is -0.113. The maximum Gasteiger partial charge on any atom is 0.234 e. The number of carbonyl (C=O) groups excluding carboxylic acids is 1. The molecule has 2 aromatic rings. The first-order valence-electron chi connectivity index (χ1n) is 7.97. The van der Waals surface area contributed by atoms with Gasteiger partial charge >= 0.3 is 0 Å². The Balaban J connectivity index is 1.88. The first kappa shape index (κ1) is 19.3. The van der Waals surface area contributed by atoms with E-state index in [2.05, 4.69) is 42.4 Å².